The van der Waals surface area contributed by atoms with Crippen LogP contribution in [0.25, 0.3) is 0 Å². The molecule has 1 saturated heterocycles. The van der Waals surface area contributed by atoms with Crippen molar-refractivity contribution >= 4 is 11.8 Å². The molecular formula is C11H19N3O2. The molecule has 0 spiro atoms. The predicted molar refractivity (Wildman–Crippen MR) is 59.8 cm³/mol. The van der Waals surface area contributed by atoms with E-state index in [1.54, 1.807) is 6.92 Å². The Morgan fingerprint density at radius 1 is 1.31 bits per heavy atom. The lowest BCUT2D eigenvalue weighted by Crippen LogP contribution is -2.50. The van der Waals surface area contributed by atoms with E-state index in [1.807, 2.05) is 0 Å². The van der Waals surface area contributed by atoms with Gasteiger partial charge in [-0.05, 0) is 39.2 Å². The van der Waals surface area contributed by atoms with Crippen molar-refractivity contribution in [2.75, 3.05) is 6.54 Å². The number of amides is 2. The molecule has 2 atom stereocenters. The first-order valence-corrected chi connectivity index (χ1v) is 6.01. The van der Waals surface area contributed by atoms with Gasteiger partial charge in [0.05, 0.1) is 6.04 Å². The summed E-state index contributed by atoms with van der Waals surface area (Å²) in [5.74, 6) is -0.134. The van der Waals surface area contributed by atoms with E-state index in [-0.39, 0.29) is 17.9 Å². The Morgan fingerprint density at radius 2 is 2.06 bits per heavy atom. The second-order valence-electron chi connectivity index (χ2n) is 4.66. The van der Waals surface area contributed by atoms with Crippen molar-refractivity contribution in [3.8, 4) is 0 Å². The summed E-state index contributed by atoms with van der Waals surface area (Å²) >= 11 is 0. The Hall–Kier alpha value is -1.10. The van der Waals surface area contributed by atoms with Gasteiger partial charge in [0, 0.05) is 6.04 Å². The lowest BCUT2D eigenvalue weighted by Gasteiger charge is -2.16. The molecule has 0 aromatic heterocycles. The summed E-state index contributed by atoms with van der Waals surface area (Å²) in [6.45, 7) is 2.62. The maximum atomic E-state index is 11.7. The lowest BCUT2D eigenvalue weighted by molar-refractivity contribution is -0.129. The average molecular weight is 225 g/mol. The van der Waals surface area contributed by atoms with E-state index in [0.717, 1.165) is 32.2 Å². The van der Waals surface area contributed by atoms with Crippen molar-refractivity contribution in [1.82, 2.24) is 16.0 Å². The first-order valence-electron chi connectivity index (χ1n) is 6.01. The van der Waals surface area contributed by atoms with Crippen LogP contribution in [0, 0.1) is 0 Å². The van der Waals surface area contributed by atoms with Gasteiger partial charge in [0.1, 0.15) is 6.04 Å². The maximum Gasteiger partial charge on any atom is 0.242 e. The molecule has 5 nitrogen and oxygen atoms in total. The number of carbonyl (C=O) groups is 2. The maximum absolute atomic E-state index is 11.7. The summed E-state index contributed by atoms with van der Waals surface area (Å²) in [4.78, 5) is 23.3. The van der Waals surface area contributed by atoms with E-state index in [1.165, 1.54) is 0 Å². The fourth-order valence-corrected chi connectivity index (χ4v) is 1.84. The highest BCUT2D eigenvalue weighted by Gasteiger charge is 2.28. The number of carbonyl (C=O) groups excluding carboxylic acids is 2. The molecule has 1 heterocycles. The van der Waals surface area contributed by atoms with Gasteiger partial charge < -0.3 is 16.0 Å². The van der Waals surface area contributed by atoms with Crippen molar-refractivity contribution in [2.24, 2.45) is 0 Å². The molecule has 0 radical (unpaired) electrons. The predicted octanol–water partition coefficient (Wildman–Crippen LogP) is -0.478. The van der Waals surface area contributed by atoms with Crippen LogP contribution in [-0.2, 0) is 9.59 Å². The van der Waals surface area contributed by atoms with Crippen LogP contribution in [0.5, 0.6) is 0 Å². The number of hydrogen-bond acceptors (Lipinski definition) is 3. The number of nitrogens with one attached hydrogen (secondary N) is 3. The highest BCUT2D eigenvalue weighted by atomic mass is 16.2. The molecule has 2 fully saturated rings. The van der Waals surface area contributed by atoms with Crippen molar-refractivity contribution < 1.29 is 9.59 Å². The summed E-state index contributed by atoms with van der Waals surface area (Å²) in [6.07, 6.45) is 4.02. The van der Waals surface area contributed by atoms with Gasteiger partial charge in [-0.2, -0.15) is 0 Å². The fourth-order valence-electron chi connectivity index (χ4n) is 1.84. The molecular weight excluding hydrogens is 206 g/mol. The minimum absolute atomic E-state index is 0.0593. The highest BCUT2D eigenvalue weighted by molar-refractivity contribution is 5.89. The van der Waals surface area contributed by atoms with Crippen LogP contribution in [0.15, 0.2) is 0 Å². The Kier molecular flexibility index (Phi) is 3.43. The van der Waals surface area contributed by atoms with Crippen LogP contribution < -0.4 is 16.0 Å². The summed E-state index contributed by atoms with van der Waals surface area (Å²) in [6, 6.07) is -0.205. The Bertz CT molecular complexity index is 283. The molecule has 1 aliphatic heterocycles. The SMILES string of the molecule is CC(NC(=O)[C@@H]1CCCN1)C(=O)NC1CC1. The van der Waals surface area contributed by atoms with Gasteiger partial charge in [-0.3, -0.25) is 9.59 Å². The Morgan fingerprint density at radius 3 is 2.62 bits per heavy atom. The Balaban J connectivity index is 1.73. The molecule has 5 heteroatoms. The van der Waals surface area contributed by atoms with E-state index in [2.05, 4.69) is 16.0 Å². The van der Waals surface area contributed by atoms with E-state index in [0.29, 0.717) is 6.04 Å². The zero-order chi connectivity index (χ0) is 11.5. The first kappa shape index (κ1) is 11.4. The molecule has 0 bridgehead atoms. The van der Waals surface area contributed by atoms with Gasteiger partial charge in [-0.1, -0.05) is 0 Å². The third-order valence-electron chi connectivity index (χ3n) is 3.05. The molecule has 2 rings (SSSR count). The molecule has 1 aliphatic carbocycles. The van der Waals surface area contributed by atoms with Crippen molar-refractivity contribution in [1.29, 1.82) is 0 Å². The molecule has 2 amide bonds. The standard InChI is InChI=1S/C11H19N3O2/c1-7(10(15)14-8-4-5-8)13-11(16)9-3-2-6-12-9/h7-9,12H,2-6H2,1H3,(H,13,16)(H,14,15)/t7?,9-/m0/s1. The summed E-state index contributed by atoms with van der Waals surface area (Å²) in [5.41, 5.74) is 0. The smallest absolute Gasteiger partial charge is 0.242 e. The monoisotopic (exact) mass is 225 g/mol. The van der Waals surface area contributed by atoms with Crippen LogP contribution in [-0.4, -0.2) is 36.5 Å². The van der Waals surface area contributed by atoms with Crippen LogP contribution in [0.3, 0.4) is 0 Å². The molecule has 90 valence electrons. The van der Waals surface area contributed by atoms with Crippen molar-refractivity contribution in [2.45, 2.75) is 50.7 Å². The minimum Gasteiger partial charge on any atom is -0.352 e. The van der Waals surface area contributed by atoms with E-state index in [4.69, 9.17) is 0 Å². The third kappa shape index (κ3) is 2.95. The average Bonchev–Trinajstić information content (AvgIpc) is 2.89. The molecule has 0 aromatic carbocycles. The van der Waals surface area contributed by atoms with Crippen LogP contribution in [0.1, 0.15) is 32.6 Å². The van der Waals surface area contributed by atoms with Crippen molar-refractivity contribution in [3.63, 3.8) is 0 Å². The van der Waals surface area contributed by atoms with E-state index >= 15 is 0 Å². The van der Waals surface area contributed by atoms with Gasteiger partial charge in [0.25, 0.3) is 0 Å². The zero-order valence-corrected chi connectivity index (χ0v) is 9.58. The largest absolute Gasteiger partial charge is 0.352 e. The van der Waals surface area contributed by atoms with E-state index < -0.39 is 6.04 Å². The number of rotatable bonds is 4. The minimum atomic E-state index is -0.435. The van der Waals surface area contributed by atoms with Gasteiger partial charge in [0.2, 0.25) is 11.8 Å². The topological polar surface area (TPSA) is 70.2 Å². The van der Waals surface area contributed by atoms with Crippen LogP contribution in [0.2, 0.25) is 0 Å². The second kappa shape index (κ2) is 4.82. The van der Waals surface area contributed by atoms with Gasteiger partial charge in [-0.25, -0.2) is 0 Å². The lowest BCUT2D eigenvalue weighted by atomic mass is 10.2. The molecule has 2 aliphatic rings. The summed E-state index contributed by atoms with van der Waals surface area (Å²) in [5, 5.41) is 8.73. The fraction of sp³-hybridized carbons (Fsp3) is 0.818. The molecule has 3 N–H and O–H groups in total. The first-order chi connectivity index (χ1) is 7.66. The molecule has 16 heavy (non-hydrogen) atoms. The van der Waals surface area contributed by atoms with Gasteiger partial charge >= 0.3 is 0 Å². The van der Waals surface area contributed by atoms with Crippen LogP contribution in [0.4, 0.5) is 0 Å². The molecule has 1 unspecified atom stereocenters. The molecule has 1 saturated carbocycles. The van der Waals surface area contributed by atoms with Gasteiger partial charge in [0.15, 0.2) is 0 Å². The van der Waals surface area contributed by atoms with Crippen LogP contribution >= 0.6 is 0 Å². The zero-order valence-electron chi connectivity index (χ0n) is 9.58. The quantitative estimate of drug-likeness (QED) is 0.605. The highest BCUT2D eigenvalue weighted by Crippen LogP contribution is 2.18. The molecule has 0 aromatic rings. The summed E-state index contributed by atoms with van der Waals surface area (Å²) < 4.78 is 0. The second-order valence-corrected chi connectivity index (χ2v) is 4.66. The summed E-state index contributed by atoms with van der Waals surface area (Å²) in [7, 11) is 0. The normalized spacial score (nSPS) is 26.2. The third-order valence-corrected chi connectivity index (χ3v) is 3.05. The number of hydrogen-bond donors (Lipinski definition) is 3. The van der Waals surface area contributed by atoms with Gasteiger partial charge in [-0.15, -0.1) is 0 Å². The van der Waals surface area contributed by atoms with E-state index in [9.17, 15) is 9.59 Å². The van der Waals surface area contributed by atoms with Crippen molar-refractivity contribution in [3.05, 3.63) is 0 Å². The Labute approximate surface area is 95.3 Å².